The second kappa shape index (κ2) is 9.75. The third kappa shape index (κ3) is 6.55. The SMILES string of the molecule is CCC(C)C(N)C(=O)NCCCc1ccccn1.Cl. The van der Waals surface area contributed by atoms with Crippen LogP contribution >= 0.6 is 12.4 Å². The molecule has 2 atom stereocenters. The van der Waals surface area contributed by atoms with Gasteiger partial charge in [-0.1, -0.05) is 26.3 Å². The molecule has 4 nitrogen and oxygen atoms in total. The van der Waals surface area contributed by atoms with Crippen LogP contribution in [0, 0.1) is 5.92 Å². The summed E-state index contributed by atoms with van der Waals surface area (Å²) >= 11 is 0. The predicted octanol–water partition coefficient (Wildman–Crippen LogP) is 1.93. The van der Waals surface area contributed by atoms with E-state index in [2.05, 4.69) is 10.3 Å². The molecule has 1 rings (SSSR count). The number of nitrogens with one attached hydrogen (secondary N) is 1. The van der Waals surface area contributed by atoms with Gasteiger partial charge in [-0.15, -0.1) is 12.4 Å². The predicted molar refractivity (Wildman–Crippen MR) is 80.2 cm³/mol. The first-order chi connectivity index (χ1) is 8.65. The molecule has 0 saturated carbocycles. The first-order valence-electron chi connectivity index (χ1n) is 6.58. The van der Waals surface area contributed by atoms with Gasteiger partial charge in [0, 0.05) is 18.4 Å². The number of nitrogens with two attached hydrogens (primary N) is 1. The molecule has 5 heteroatoms. The molecule has 0 radical (unpaired) electrons. The van der Waals surface area contributed by atoms with Crippen molar-refractivity contribution >= 4 is 18.3 Å². The van der Waals surface area contributed by atoms with E-state index in [1.807, 2.05) is 32.0 Å². The number of nitrogens with zero attached hydrogens (tertiary/aromatic N) is 1. The Morgan fingerprint density at radius 2 is 2.21 bits per heavy atom. The maximum absolute atomic E-state index is 11.7. The van der Waals surface area contributed by atoms with Crippen molar-refractivity contribution in [1.82, 2.24) is 10.3 Å². The fraction of sp³-hybridized carbons (Fsp3) is 0.571. The monoisotopic (exact) mass is 285 g/mol. The van der Waals surface area contributed by atoms with Crippen molar-refractivity contribution in [2.75, 3.05) is 6.54 Å². The summed E-state index contributed by atoms with van der Waals surface area (Å²) in [5.74, 6) is 0.172. The van der Waals surface area contributed by atoms with E-state index in [1.165, 1.54) is 0 Å². The molecule has 108 valence electrons. The van der Waals surface area contributed by atoms with Crippen LogP contribution in [0.2, 0.25) is 0 Å². The number of aromatic nitrogens is 1. The van der Waals surface area contributed by atoms with Gasteiger partial charge >= 0.3 is 0 Å². The van der Waals surface area contributed by atoms with Gasteiger partial charge < -0.3 is 11.1 Å². The Balaban J connectivity index is 0.00000324. The van der Waals surface area contributed by atoms with Crippen molar-refractivity contribution < 1.29 is 4.79 Å². The maximum atomic E-state index is 11.7. The molecule has 0 aromatic carbocycles. The second-order valence-electron chi connectivity index (χ2n) is 4.63. The minimum atomic E-state index is -0.398. The van der Waals surface area contributed by atoms with E-state index in [0.29, 0.717) is 6.54 Å². The molecule has 0 saturated heterocycles. The lowest BCUT2D eigenvalue weighted by Gasteiger charge is -2.17. The van der Waals surface area contributed by atoms with E-state index in [9.17, 15) is 4.79 Å². The minimum absolute atomic E-state index is 0. The van der Waals surface area contributed by atoms with Crippen LogP contribution in [0.15, 0.2) is 24.4 Å². The van der Waals surface area contributed by atoms with Crippen LogP contribution in [-0.4, -0.2) is 23.5 Å². The lowest BCUT2D eigenvalue weighted by atomic mass is 9.99. The van der Waals surface area contributed by atoms with Crippen molar-refractivity contribution in [3.8, 4) is 0 Å². The number of pyridine rings is 1. The molecule has 1 amide bonds. The smallest absolute Gasteiger partial charge is 0.237 e. The molecular formula is C14H24ClN3O. The number of carbonyl (C=O) groups is 1. The summed E-state index contributed by atoms with van der Waals surface area (Å²) < 4.78 is 0. The second-order valence-corrected chi connectivity index (χ2v) is 4.63. The van der Waals surface area contributed by atoms with Crippen molar-refractivity contribution in [3.63, 3.8) is 0 Å². The maximum Gasteiger partial charge on any atom is 0.237 e. The Morgan fingerprint density at radius 1 is 1.47 bits per heavy atom. The summed E-state index contributed by atoms with van der Waals surface area (Å²) in [6.45, 7) is 4.69. The first kappa shape index (κ1) is 17.9. The molecule has 0 fully saturated rings. The molecule has 0 bridgehead atoms. The topological polar surface area (TPSA) is 68.0 Å². The van der Waals surface area contributed by atoms with E-state index >= 15 is 0 Å². The Hall–Kier alpha value is -1.13. The largest absolute Gasteiger partial charge is 0.355 e. The Bertz CT molecular complexity index is 359. The van der Waals surface area contributed by atoms with Crippen LogP contribution in [0.25, 0.3) is 0 Å². The highest BCUT2D eigenvalue weighted by Gasteiger charge is 2.18. The van der Waals surface area contributed by atoms with E-state index in [-0.39, 0.29) is 24.2 Å². The number of hydrogen-bond donors (Lipinski definition) is 2. The van der Waals surface area contributed by atoms with Crippen molar-refractivity contribution in [2.24, 2.45) is 11.7 Å². The zero-order valence-electron chi connectivity index (χ0n) is 11.6. The average Bonchev–Trinajstić information content (AvgIpc) is 2.42. The first-order valence-corrected chi connectivity index (χ1v) is 6.58. The standard InChI is InChI=1S/C14H23N3O.ClH/c1-3-11(2)13(15)14(18)17-10-6-8-12-7-4-5-9-16-12;/h4-5,7,9,11,13H,3,6,8,10,15H2,1-2H3,(H,17,18);1H. The normalized spacial score (nSPS) is 13.2. The van der Waals surface area contributed by atoms with E-state index in [4.69, 9.17) is 5.73 Å². The van der Waals surface area contributed by atoms with Crippen molar-refractivity contribution in [3.05, 3.63) is 30.1 Å². The molecule has 1 aromatic rings. The van der Waals surface area contributed by atoms with Crippen molar-refractivity contribution in [2.45, 2.75) is 39.2 Å². The molecule has 0 aliphatic rings. The molecule has 0 aliphatic carbocycles. The summed E-state index contributed by atoms with van der Waals surface area (Å²) in [5, 5.41) is 2.88. The van der Waals surface area contributed by atoms with Crippen LogP contribution < -0.4 is 11.1 Å². The minimum Gasteiger partial charge on any atom is -0.355 e. The molecule has 2 unspecified atom stereocenters. The third-order valence-corrected chi connectivity index (χ3v) is 3.19. The highest BCUT2D eigenvalue weighted by atomic mass is 35.5. The Labute approximate surface area is 121 Å². The third-order valence-electron chi connectivity index (χ3n) is 3.19. The van der Waals surface area contributed by atoms with Gasteiger partial charge in [-0.3, -0.25) is 9.78 Å². The fourth-order valence-corrected chi connectivity index (χ4v) is 1.66. The van der Waals surface area contributed by atoms with Gasteiger partial charge in [0.25, 0.3) is 0 Å². The zero-order valence-corrected chi connectivity index (χ0v) is 12.5. The average molecular weight is 286 g/mol. The zero-order chi connectivity index (χ0) is 13.4. The summed E-state index contributed by atoms with van der Waals surface area (Å²) in [5.41, 5.74) is 6.89. The number of halogens is 1. The highest BCUT2D eigenvalue weighted by molar-refractivity contribution is 5.85. The van der Waals surface area contributed by atoms with E-state index in [0.717, 1.165) is 25.0 Å². The summed E-state index contributed by atoms with van der Waals surface area (Å²) in [4.78, 5) is 15.9. The number of rotatable bonds is 7. The molecule has 0 spiro atoms. The number of amides is 1. The fourth-order valence-electron chi connectivity index (χ4n) is 1.66. The Morgan fingerprint density at radius 3 is 2.79 bits per heavy atom. The van der Waals surface area contributed by atoms with Crippen LogP contribution in [0.5, 0.6) is 0 Å². The Kier molecular flexibility index (Phi) is 9.17. The molecular weight excluding hydrogens is 262 g/mol. The molecule has 0 aliphatic heterocycles. The number of aryl methyl sites for hydroxylation is 1. The molecule has 1 heterocycles. The van der Waals surface area contributed by atoms with Crippen molar-refractivity contribution in [1.29, 1.82) is 0 Å². The molecule has 3 N–H and O–H groups in total. The van der Waals surface area contributed by atoms with E-state index < -0.39 is 6.04 Å². The van der Waals surface area contributed by atoms with Gasteiger partial charge in [0.05, 0.1) is 6.04 Å². The summed E-state index contributed by atoms with van der Waals surface area (Å²) in [6, 6.07) is 5.47. The van der Waals surface area contributed by atoms with Crippen LogP contribution in [-0.2, 0) is 11.2 Å². The van der Waals surface area contributed by atoms with Crippen LogP contribution in [0.4, 0.5) is 0 Å². The lowest BCUT2D eigenvalue weighted by Crippen LogP contribution is -2.44. The van der Waals surface area contributed by atoms with Crippen LogP contribution in [0.1, 0.15) is 32.4 Å². The number of carbonyl (C=O) groups excluding carboxylic acids is 1. The lowest BCUT2D eigenvalue weighted by molar-refractivity contribution is -0.123. The number of hydrogen-bond acceptors (Lipinski definition) is 3. The van der Waals surface area contributed by atoms with Gasteiger partial charge in [-0.05, 0) is 30.9 Å². The van der Waals surface area contributed by atoms with Crippen LogP contribution in [0.3, 0.4) is 0 Å². The molecule has 19 heavy (non-hydrogen) atoms. The van der Waals surface area contributed by atoms with Gasteiger partial charge in [0.15, 0.2) is 0 Å². The van der Waals surface area contributed by atoms with Gasteiger partial charge in [-0.2, -0.15) is 0 Å². The van der Waals surface area contributed by atoms with Gasteiger partial charge in [-0.25, -0.2) is 0 Å². The van der Waals surface area contributed by atoms with Gasteiger partial charge in [0.2, 0.25) is 5.91 Å². The van der Waals surface area contributed by atoms with Gasteiger partial charge in [0.1, 0.15) is 0 Å². The molecule has 1 aromatic heterocycles. The highest BCUT2D eigenvalue weighted by Crippen LogP contribution is 2.05. The summed E-state index contributed by atoms with van der Waals surface area (Å²) in [7, 11) is 0. The quantitative estimate of drug-likeness (QED) is 0.752. The summed E-state index contributed by atoms with van der Waals surface area (Å²) in [6.07, 6.45) is 4.46. The van der Waals surface area contributed by atoms with E-state index in [1.54, 1.807) is 6.20 Å².